The Morgan fingerprint density at radius 1 is 1.30 bits per heavy atom. The van der Waals surface area contributed by atoms with Crippen molar-refractivity contribution in [1.82, 2.24) is 10.6 Å². The second-order valence-electron chi connectivity index (χ2n) is 5.59. The quantitative estimate of drug-likeness (QED) is 0.337. The van der Waals surface area contributed by atoms with Crippen LogP contribution in [0.1, 0.15) is 24.8 Å². The van der Waals surface area contributed by atoms with E-state index in [9.17, 15) is 14.4 Å². The molecule has 2 amide bonds. The number of allylic oxidation sites excluding steroid dienone is 1. The number of carboxylic acids is 1. The van der Waals surface area contributed by atoms with Crippen molar-refractivity contribution in [3.63, 3.8) is 0 Å². The standard InChI is InChI=1S/C18H20N4O4S/c23-15(19-10-5-9-16(24)25)12-14-17(26)21-18(27-14)22-20-11-4-8-13-6-2-1-3-7-13/h1-4,6-8,11,14H,5,9-10,12H2,(H,19,23)(H,24,25)(H,21,22,26)/b8-4-,20-11?/t14-/m0/s1. The van der Waals surface area contributed by atoms with E-state index in [2.05, 4.69) is 20.8 Å². The highest BCUT2D eigenvalue weighted by molar-refractivity contribution is 8.15. The fraction of sp³-hybridized carbons (Fsp3) is 0.278. The van der Waals surface area contributed by atoms with Gasteiger partial charge < -0.3 is 15.7 Å². The zero-order valence-corrected chi connectivity index (χ0v) is 15.3. The maximum Gasteiger partial charge on any atom is 0.303 e. The van der Waals surface area contributed by atoms with Crippen molar-refractivity contribution in [1.29, 1.82) is 0 Å². The van der Waals surface area contributed by atoms with Crippen LogP contribution in [0.5, 0.6) is 0 Å². The summed E-state index contributed by atoms with van der Waals surface area (Å²) in [5.74, 6) is -1.51. The number of hydrogen-bond acceptors (Lipinski definition) is 6. The van der Waals surface area contributed by atoms with Crippen molar-refractivity contribution in [2.75, 3.05) is 6.54 Å². The Labute approximate surface area is 160 Å². The molecule has 0 saturated carbocycles. The Morgan fingerprint density at radius 3 is 2.81 bits per heavy atom. The fourth-order valence-corrected chi connectivity index (χ4v) is 3.06. The van der Waals surface area contributed by atoms with Crippen molar-refractivity contribution >= 4 is 47.0 Å². The van der Waals surface area contributed by atoms with Gasteiger partial charge in [0, 0.05) is 25.6 Å². The van der Waals surface area contributed by atoms with Crippen molar-refractivity contribution < 1.29 is 19.5 Å². The molecule has 0 radical (unpaired) electrons. The molecule has 9 heteroatoms. The molecule has 27 heavy (non-hydrogen) atoms. The van der Waals surface area contributed by atoms with Gasteiger partial charge in [-0.25, -0.2) is 0 Å². The van der Waals surface area contributed by atoms with Gasteiger partial charge in [0.25, 0.3) is 0 Å². The van der Waals surface area contributed by atoms with Gasteiger partial charge in [0.2, 0.25) is 11.8 Å². The molecule has 0 aliphatic carbocycles. The number of rotatable bonds is 9. The largest absolute Gasteiger partial charge is 0.481 e. The highest BCUT2D eigenvalue weighted by Crippen LogP contribution is 2.22. The summed E-state index contributed by atoms with van der Waals surface area (Å²) in [5, 5.41) is 21.3. The summed E-state index contributed by atoms with van der Waals surface area (Å²) in [4.78, 5) is 34.1. The van der Waals surface area contributed by atoms with Crippen LogP contribution >= 0.6 is 11.8 Å². The molecule has 0 spiro atoms. The molecule has 1 atom stereocenters. The predicted molar refractivity (Wildman–Crippen MR) is 105 cm³/mol. The van der Waals surface area contributed by atoms with Crippen molar-refractivity contribution in [2.45, 2.75) is 24.5 Å². The molecule has 1 heterocycles. The number of amidine groups is 1. The summed E-state index contributed by atoms with van der Waals surface area (Å²) in [5.41, 5.74) is 1.04. The van der Waals surface area contributed by atoms with Gasteiger partial charge in [0.05, 0.1) is 0 Å². The fourth-order valence-electron chi connectivity index (χ4n) is 2.14. The third-order valence-electron chi connectivity index (χ3n) is 3.43. The maximum absolute atomic E-state index is 11.9. The van der Waals surface area contributed by atoms with Gasteiger partial charge in [0.1, 0.15) is 5.25 Å². The first kappa shape index (κ1) is 20.4. The lowest BCUT2D eigenvalue weighted by Gasteiger charge is -2.06. The van der Waals surface area contributed by atoms with Gasteiger partial charge in [-0.2, -0.15) is 5.10 Å². The highest BCUT2D eigenvalue weighted by atomic mass is 32.2. The van der Waals surface area contributed by atoms with Crippen LogP contribution in [0.4, 0.5) is 0 Å². The van der Waals surface area contributed by atoms with E-state index in [1.54, 1.807) is 6.08 Å². The smallest absolute Gasteiger partial charge is 0.303 e. The number of aliphatic carboxylic acids is 1. The van der Waals surface area contributed by atoms with Gasteiger partial charge >= 0.3 is 5.97 Å². The first-order chi connectivity index (χ1) is 13.0. The van der Waals surface area contributed by atoms with Gasteiger partial charge in [-0.05, 0) is 18.1 Å². The lowest BCUT2D eigenvalue weighted by atomic mass is 10.2. The SMILES string of the molecule is O=C(O)CCCNC(=O)C[C@@H]1SC(=NN=C/C=C\c2ccccc2)NC1=O. The molecule has 1 aliphatic rings. The van der Waals surface area contributed by atoms with Crippen LogP contribution in [0.15, 0.2) is 46.6 Å². The molecule has 1 aliphatic heterocycles. The van der Waals surface area contributed by atoms with Gasteiger partial charge in [-0.3, -0.25) is 14.4 Å². The summed E-state index contributed by atoms with van der Waals surface area (Å²) < 4.78 is 0. The Bertz CT molecular complexity index is 762. The summed E-state index contributed by atoms with van der Waals surface area (Å²) in [6.07, 6.45) is 5.47. The third-order valence-corrected chi connectivity index (χ3v) is 4.50. The van der Waals surface area contributed by atoms with Crippen molar-refractivity contribution in [3.05, 3.63) is 42.0 Å². The Balaban J connectivity index is 1.74. The Morgan fingerprint density at radius 2 is 2.07 bits per heavy atom. The molecule has 2 rings (SSSR count). The van der Waals surface area contributed by atoms with Crippen LogP contribution in [0.3, 0.4) is 0 Å². The Hall–Kier alpha value is -2.94. The number of amides is 2. The van der Waals surface area contributed by atoms with E-state index in [1.165, 1.54) is 6.21 Å². The maximum atomic E-state index is 11.9. The van der Waals surface area contributed by atoms with Crippen LogP contribution in [-0.2, 0) is 14.4 Å². The monoisotopic (exact) mass is 388 g/mol. The minimum absolute atomic E-state index is 0.000214. The average molecular weight is 388 g/mol. The van der Waals surface area contributed by atoms with E-state index in [0.717, 1.165) is 17.3 Å². The van der Waals surface area contributed by atoms with Crippen molar-refractivity contribution in [3.8, 4) is 0 Å². The summed E-state index contributed by atoms with van der Waals surface area (Å²) in [6.45, 7) is 0.267. The first-order valence-electron chi connectivity index (χ1n) is 8.33. The van der Waals surface area contributed by atoms with Crippen LogP contribution in [0, 0.1) is 0 Å². The zero-order valence-electron chi connectivity index (χ0n) is 14.5. The number of carboxylic acid groups (broad SMARTS) is 1. The lowest BCUT2D eigenvalue weighted by Crippen LogP contribution is -2.31. The van der Waals surface area contributed by atoms with E-state index in [-0.39, 0.29) is 31.2 Å². The number of nitrogens with one attached hydrogen (secondary N) is 2. The van der Waals surface area contributed by atoms with Gasteiger partial charge in [-0.1, -0.05) is 48.2 Å². The molecule has 0 aromatic heterocycles. The molecule has 1 aromatic rings. The first-order valence-corrected chi connectivity index (χ1v) is 9.21. The molecule has 1 fully saturated rings. The number of hydrogen-bond donors (Lipinski definition) is 3. The molecule has 1 saturated heterocycles. The molecule has 0 unspecified atom stereocenters. The normalized spacial score (nSPS) is 18.3. The molecule has 8 nitrogen and oxygen atoms in total. The van der Waals surface area contributed by atoms with E-state index in [1.807, 2.05) is 36.4 Å². The Kier molecular flexibility index (Phi) is 8.24. The minimum Gasteiger partial charge on any atom is -0.481 e. The molecule has 142 valence electrons. The van der Waals surface area contributed by atoms with E-state index in [4.69, 9.17) is 5.11 Å². The summed E-state index contributed by atoms with van der Waals surface area (Å²) in [7, 11) is 0. The summed E-state index contributed by atoms with van der Waals surface area (Å²) in [6, 6.07) is 9.72. The molecule has 3 N–H and O–H groups in total. The van der Waals surface area contributed by atoms with Gasteiger partial charge in [-0.15, -0.1) is 5.10 Å². The van der Waals surface area contributed by atoms with E-state index in [0.29, 0.717) is 11.6 Å². The molecular formula is C18H20N4O4S. The van der Waals surface area contributed by atoms with Crippen LogP contribution in [0.2, 0.25) is 0 Å². The summed E-state index contributed by atoms with van der Waals surface area (Å²) >= 11 is 1.14. The number of carbonyl (C=O) groups excluding carboxylic acids is 2. The molecule has 1 aromatic carbocycles. The predicted octanol–water partition coefficient (Wildman–Crippen LogP) is 1.64. The highest BCUT2D eigenvalue weighted by Gasteiger charge is 2.32. The van der Waals surface area contributed by atoms with E-state index < -0.39 is 11.2 Å². The van der Waals surface area contributed by atoms with Gasteiger partial charge in [0.15, 0.2) is 5.17 Å². The van der Waals surface area contributed by atoms with E-state index >= 15 is 0 Å². The molecule has 0 bridgehead atoms. The third kappa shape index (κ3) is 7.87. The van der Waals surface area contributed by atoms with Crippen LogP contribution < -0.4 is 10.6 Å². The zero-order chi connectivity index (χ0) is 19.5. The number of carbonyl (C=O) groups is 3. The second-order valence-corrected chi connectivity index (χ2v) is 6.78. The van der Waals surface area contributed by atoms with Crippen LogP contribution in [0.25, 0.3) is 6.08 Å². The van der Waals surface area contributed by atoms with Crippen molar-refractivity contribution in [2.24, 2.45) is 10.2 Å². The second kappa shape index (κ2) is 10.9. The van der Waals surface area contributed by atoms with Crippen LogP contribution in [-0.4, -0.2) is 46.1 Å². The number of thioether (sulfide) groups is 1. The topological polar surface area (TPSA) is 120 Å². The molecular weight excluding hydrogens is 368 g/mol. The number of nitrogens with zero attached hydrogens (tertiary/aromatic N) is 2. The number of benzene rings is 1. The minimum atomic E-state index is -0.907. The average Bonchev–Trinajstić information content (AvgIpc) is 2.98. The lowest BCUT2D eigenvalue weighted by molar-refractivity contribution is -0.137.